The second kappa shape index (κ2) is 8.16. The fourth-order valence-corrected chi connectivity index (χ4v) is 4.94. The molecule has 2 aliphatic heterocycles. The number of carbonyl (C=O) groups is 2. The zero-order valence-corrected chi connectivity index (χ0v) is 18.3. The first-order valence-electron chi connectivity index (χ1n) is 10.1. The zero-order chi connectivity index (χ0) is 22.2. The minimum absolute atomic E-state index is 0.0948. The molecule has 3 amide bonds. The number of nitrogens with zero attached hydrogens (tertiary/aromatic N) is 4. The van der Waals surface area contributed by atoms with Gasteiger partial charge in [0.25, 0.3) is 5.91 Å². The maximum atomic E-state index is 13.5. The summed E-state index contributed by atoms with van der Waals surface area (Å²) in [5, 5.41) is 5.52. The Bertz CT molecular complexity index is 1220. The number of hydrogen-bond acceptors (Lipinski definition) is 7. The molecule has 1 fully saturated rings. The maximum Gasteiger partial charge on any atom is 0.332 e. The quantitative estimate of drug-likeness (QED) is 0.582. The van der Waals surface area contributed by atoms with E-state index in [2.05, 4.69) is 10.1 Å². The Morgan fingerprint density at radius 3 is 2.81 bits per heavy atom. The second-order valence-electron chi connectivity index (χ2n) is 7.49. The van der Waals surface area contributed by atoms with Gasteiger partial charge in [-0.25, -0.2) is 9.69 Å². The van der Waals surface area contributed by atoms with Gasteiger partial charge in [0, 0.05) is 5.56 Å². The van der Waals surface area contributed by atoms with Crippen molar-refractivity contribution < 1.29 is 18.8 Å². The van der Waals surface area contributed by atoms with E-state index in [-0.39, 0.29) is 18.5 Å². The normalized spacial score (nSPS) is 20.1. The number of rotatable bonds is 5. The lowest BCUT2D eigenvalue weighted by Gasteiger charge is -2.40. The van der Waals surface area contributed by atoms with Crippen LogP contribution in [0.25, 0.3) is 11.4 Å². The molecule has 8 nitrogen and oxygen atoms in total. The number of imide groups is 1. The Labute approximate surface area is 188 Å². The standard InChI is InChI=1S/C23H20N4O4S/c1-14-6-3-4-9-17(14)27-22(28)20-18(10-11-32-20)26(23(27)29)13-19-24-21(25-31-19)15-7-5-8-16(12-15)30-2/h3-12,18,20H,13H2,1-2H3. The van der Waals surface area contributed by atoms with Crippen LogP contribution in [0.2, 0.25) is 0 Å². The molecule has 32 heavy (non-hydrogen) atoms. The van der Waals surface area contributed by atoms with Gasteiger partial charge in [0.15, 0.2) is 0 Å². The molecule has 0 spiro atoms. The lowest BCUT2D eigenvalue weighted by atomic mass is 10.1. The summed E-state index contributed by atoms with van der Waals surface area (Å²) in [6.45, 7) is 1.97. The van der Waals surface area contributed by atoms with E-state index in [9.17, 15) is 9.59 Å². The number of thioether (sulfide) groups is 1. The summed E-state index contributed by atoms with van der Waals surface area (Å²) in [6.07, 6.45) is 1.87. The van der Waals surface area contributed by atoms with Crippen LogP contribution in [0, 0.1) is 6.92 Å². The molecule has 2 unspecified atom stereocenters. The van der Waals surface area contributed by atoms with Crippen LogP contribution >= 0.6 is 11.8 Å². The fourth-order valence-electron chi connectivity index (χ4n) is 3.89. The minimum atomic E-state index is -0.409. The van der Waals surface area contributed by atoms with Gasteiger partial charge in [0.05, 0.1) is 18.8 Å². The third-order valence-electron chi connectivity index (χ3n) is 5.53. The predicted molar refractivity (Wildman–Crippen MR) is 120 cm³/mol. The molecule has 3 aromatic rings. The molecule has 5 rings (SSSR count). The number of benzene rings is 2. The summed E-state index contributed by atoms with van der Waals surface area (Å²) in [4.78, 5) is 34.0. The highest BCUT2D eigenvalue weighted by Gasteiger charge is 2.48. The van der Waals surface area contributed by atoms with E-state index in [1.165, 1.54) is 16.7 Å². The third-order valence-corrected chi connectivity index (χ3v) is 6.62. The summed E-state index contributed by atoms with van der Waals surface area (Å²) < 4.78 is 10.7. The van der Waals surface area contributed by atoms with Gasteiger partial charge >= 0.3 is 6.03 Å². The van der Waals surface area contributed by atoms with Crippen molar-refractivity contribution in [2.24, 2.45) is 0 Å². The average molecular weight is 449 g/mol. The number of ether oxygens (including phenoxy) is 1. The van der Waals surface area contributed by atoms with Crippen LogP contribution in [0.3, 0.4) is 0 Å². The highest BCUT2D eigenvalue weighted by molar-refractivity contribution is 8.03. The van der Waals surface area contributed by atoms with Gasteiger partial charge < -0.3 is 14.2 Å². The lowest BCUT2D eigenvalue weighted by molar-refractivity contribution is -0.119. The van der Waals surface area contributed by atoms with Crippen molar-refractivity contribution in [2.45, 2.75) is 24.8 Å². The van der Waals surface area contributed by atoms with E-state index in [0.717, 1.165) is 11.1 Å². The molecule has 0 radical (unpaired) electrons. The van der Waals surface area contributed by atoms with Crippen LogP contribution in [0.1, 0.15) is 11.5 Å². The molecule has 3 heterocycles. The lowest BCUT2D eigenvalue weighted by Crippen LogP contribution is -2.61. The molecular formula is C23H20N4O4S. The van der Waals surface area contributed by atoms with Crippen molar-refractivity contribution in [3.8, 4) is 17.1 Å². The summed E-state index contributed by atoms with van der Waals surface area (Å²) in [5.41, 5.74) is 2.18. The highest BCUT2D eigenvalue weighted by atomic mass is 32.2. The number of aryl methyl sites for hydroxylation is 1. The summed E-state index contributed by atoms with van der Waals surface area (Å²) in [6, 6.07) is 13.9. The first kappa shape index (κ1) is 20.3. The number of aromatic nitrogens is 2. The molecule has 2 aliphatic rings. The summed E-state index contributed by atoms with van der Waals surface area (Å²) >= 11 is 1.42. The van der Waals surface area contributed by atoms with Crippen LogP contribution in [0.5, 0.6) is 5.75 Å². The molecule has 0 bridgehead atoms. The first-order chi connectivity index (χ1) is 15.6. The van der Waals surface area contributed by atoms with Crippen LogP contribution in [0.4, 0.5) is 10.5 Å². The largest absolute Gasteiger partial charge is 0.497 e. The number of amides is 3. The van der Waals surface area contributed by atoms with Gasteiger partial charge in [-0.05, 0) is 36.1 Å². The van der Waals surface area contributed by atoms with E-state index in [1.54, 1.807) is 18.1 Å². The van der Waals surface area contributed by atoms with E-state index in [4.69, 9.17) is 9.26 Å². The number of anilines is 1. The number of methoxy groups -OCH3 is 1. The second-order valence-corrected chi connectivity index (χ2v) is 8.54. The van der Waals surface area contributed by atoms with Gasteiger partial charge in [-0.1, -0.05) is 41.6 Å². The molecule has 1 saturated heterocycles. The van der Waals surface area contributed by atoms with Gasteiger partial charge in [-0.2, -0.15) is 4.98 Å². The molecular weight excluding hydrogens is 428 g/mol. The summed E-state index contributed by atoms with van der Waals surface area (Å²) in [7, 11) is 1.59. The van der Waals surface area contributed by atoms with Crippen LogP contribution in [-0.2, 0) is 11.3 Å². The van der Waals surface area contributed by atoms with Crippen molar-refractivity contribution in [3.63, 3.8) is 0 Å². The molecule has 1 aromatic heterocycles. The Hall–Kier alpha value is -3.59. The monoisotopic (exact) mass is 448 g/mol. The molecule has 2 atom stereocenters. The number of urea groups is 1. The van der Waals surface area contributed by atoms with Crippen molar-refractivity contribution in [2.75, 3.05) is 12.0 Å². The Balaban J connectivity index is 1.45. The van der Waals surface area contributed by atoms with Crippen LogP contribution < -0.4 is 9.64 Å². The van der Waals surface area contributed by atoms with Gasteiger partial charge in [0.1, 0.15) is 17.5 Å². The fraction of sp³-hybridized carbons (Fsp3) is 0.217. The Morgan fingerprint density at radius 2 is 2.00 bits per heavy atom. The number of para-hydroxylation sites is 1. The van der Waals surface area contributed by atoms with Gasteiger partial charge in [-0.3, -0.25) is 4.79 Å². The maximum absolute atomic E-state index is 13.5. The minimum Gasteiger partial charge on any atom is -0.497 e. The van der Waals surface area contributed by atoms with E-state index >= 15 is 0 Å². The van der Waals surface area contributed by atoms with Crippen LogP contribution in [-0.4, -0.2) is 45.4 Å². The molecule has 0 N–H and O–H groups in total. The molecule has 9 heteroatoms. The van der Waals surface area contributed by atoms with Crippen LogP contribution in [0.15, 0.2) is 64.5 Å². The van der Waals surface area contributed by atoms with E-state index in [0.29, 0.717) is 23.2 Å². The number of hydrogen-bond donors (Lipinski definition) is 0. The molecule has 0 saturated carbocycles. The zero-order valence-electron chi connectivity index (χ0n) is 17.5. The Morgan fingerprint density at radius 1 is 1.16 bits per heavy atom. The van der Waals surface area contributed by atoms with E-state index in [1.807, 2.05) is 60.9 Å². The topological polar surface area (TPSA) is 88.8 Å². The first-order valence-corrected chi connectivity index (χ1v) is 11.0. The SMILES string of the molecule is COc1cccc(-c2noc(CN3C(=O)N(c4ccccc4C)C(=O)C4SC=CC43)n2)c1. The van der Waals surface area contributed by atoms with Gasteiger partial charge in [-0.15, -0.1) is 11.8 Å². The summed E-state index contributed by atoms with van der Waals surface area (Å²) in [5.74, 6) is 1.16. The molecule has 2 aromatic carbocycles. The Kier molecular flexibility index (Phi) is 5.18. The van der Waals surface area contributed by atoms with Crippen molar-refractivity contribution in [1.29, 1.82) is 0 Å². The smallest absolute Gasteiger partial charge is 0.332 e. The number of carbonyl (C=O) groups excluding carboxylic acids is 2. The third kappa shape index (κ3) is 3.44. The predicted octanol–water partition coefficient (Wildman–Crippen LogP) is 4.02. The van der Waals surface area contributed by atoms with Crippen molar-refractivity contribution >= 4 is 29.4 Å². The van der Waals surface area contributed by atoms with Crippen molar-refractivity contribution in [3.05, 3.63) is 71.5 Å². The highest BCUT2D eigenvalue weighted by Crippen LogP contribution is 2.37. The van der Waals surface area contributed by atoms with Crippen molar-refractivity contribution in [1.82, 2.24) is 15.0 Å². The molecule has 0 aliphatic carbocycles. The molecule has 162 valence electrons. The average Bonchev–Trinajstić information content (AvgIpc) is 3.48. The number of fused-ring (bicyclic) bond motifs is 1. The van der Waals surface area contributed by atoms with Gasteiger partial charge in [0.2, 0.25) is 11.7 Å². The van der Waals surface area contributed by atoms with E-state index < -0.39 is 11.3 Å².